The molecule has 5 nitrogen and oxygen atoms in total. The van der Waals surface area contributed by atoms with E-state index in [4.69, 9.17) is 21.8 Å². The zero-order chi connectivity index (χ0) is 14.9. The van der Waals surface area contributed by atoms with Gasteiger partial charge >= 0.3 is 0 Å². The molecule has 1 aromatic carbocycles. The van der Waals surface area contributed by atoms with Crippen LogP contribution in [-0.2, 0) is 16.6 Å². The van der Waals surface area contributed by atoms with Crippen molar-refractivity contribution >= 4 is 43.2 Å². The predicted molar refractivity (Wildman–Crippen MR) is 80.9 cm³/mol. The average molecular weight is 380 g/mol. The van der Waals surface area contributed by atoms with Crippen LogP contribution >= 0.6 is 27.5 Å². The van der Waals surface area contributed by atoms with Gasteiger partial charge in [-0.05, 0) is 46.3 Å². The number of nitrogens with zero attached hydrogens (tertiary/aromatic N) is 1. The van der Waals surface area contributed by atoms with Crippen molar-refractivity contribution < 1.29 is 12.8 Å². The van der Waals surface area contributed by atoms with Crippen LogP contribution in [0.4, 0.5) is 5.69 Å². The van der Waals surface area contributed by atoms with E-state index in [-0.39, 0.29) is 16.5 Å². The Labute approximate surface area is 130 Å². The summed E-state index contributed by atoms with van der Waals surface area (Å²) in [6, 6.07) is 7.69. The molecule has 108 valence electrons. The van der Waals surface area contributed by atoms with Crippen molar-refractivity contribution in [1.29, 1.82) is 0 Å². The quantitative estimate of drug-likeness (QED) is 0.828. The molecule has 0 saturated carbocycles. The summed E-state index contributed by atoms with van der Waals surface area (Å²) in [5, 5.41) is 0.0949. The van der Waals surface area contributed by atoms with Crippen molar-refractivity contribution in [1.82, 2.24) is 4.31 Å². The van der Waals surface area contributed by atoms with Gasteiger partial charge in [-0.25, -0.2) is 8.42 Å². The molecule has 1 aromatic heterocycles. The number of sulfonamides is 1. The van der Waals surface area contributed by atoms with Crippen molar-refractivity contribution in [2.24, 2.45) is 0 Å². The standard InChI is InChI=1S/C12H12BrClN2O3S/c1-16(7-9-3-5-12(13)19-9)20(17,18)11-4-2-8(15)6-10(11)14/h2-6H,7,15H2,1H3. The fourth-order valence-corrected chi connectivity index (χ4v) is 3.64. The van der Waals surface area contributed by atoms with Gasteiger partial charge in [0.05, 0.1) is 11.6 Å². The number of nitrogen functional groups attached to an aromatic ring is 1. The lowest BCUT2D eigenvalue weighted by Gasteiger charge is -2.17. The molecule has 0 spiro atoms. The molecular weight excluding hydrogens is 368 g/mol. The van der Waals surface area contributed by atoms with Gasteiger partial charge in [-0.1, -0.05) is 11.6 Å². The van der Waals surface area contributed by atoms with E-state index < -0.39 is 10.0 Å². The predicted octanol–water partition coefficient (Wildman–Crippen LogP) is 3.10. The Morgan fingerprint density at radius 3 is 2.60 bits per heavy atom. The third-order valence-electron chi connectivity index (χ3n) is 2.65. The number of benzene rings is 1. The molecule has 0 aliphatic carbocycles. The van der Waals surface area contributed by atoms with Crippen molar-refractivity contribution in [3.8, 4) is 0 Å². The van der Waals surface area contributed by atoms with E-state index in [1.54, 1.807) is 12.1 Å². The maximum Gasteiger partial charge on any atom is 0.244 e. The highest BCUT2D eigenvalue weighted by molar-refractivity contribution is 9.10. The van der Waals surface area contributed by atoms with Crippen molar-refractivity contribution in [3.05, 3.63) is 45.8 Å². The second-order valence-corrected chi connectivity index (χ2v) is 7.36. The van der Waals surface area contributed by atoms with E-state index in [1.165, 1.54) is 25.2 Å². The molecule has 2 N–H and O–H groups in total. The Bertz CT molecular complexity index is 730. The molecule has 2 aromatic rings. The van der Waals surface area contributed by atoms with Gasteiger partial charge in [-0.3, -0.25) is 0 Å². The van der Waals surface area contributed by atoms with Crippen LogP contribution < -0.4 is 5.73 Å². The zero-order valence-corrected chi connectivity index (χ0v) is 13.7. The van der Waals surface area contributed by atoms with E-state index in [1.807, 2.05) is 0 Å². The topological polar surface area (TPSA) is 76.5 Å². The Morgan fingerprint density at radius 2 is 2.05 bits per heavy atom. The minimum atomic E-state index is -3.70. The molecule has 1 heterocycles. The fourth-order valence-electron chi connectivity index (χ4n) is 1.64. The minimum Gasteiger partial charge on any atom is -0.453 e. The molecule has 0 saturated heterocycles. The van der Waals surface area contributed by atoms with Crippen LogP contribution in [0.5, 0.6) is 0 Å². The summed E-state index contributed by atoms with van der Waals surface area (Å²) < 4.78 is 31.8. The van der Waals surface area contributed by atoms with E-state index in [9.17, 15) is 8.42 Å². The van der Waals surface area contributed by atoms with E-state index in [0.29, 0.717) is 16.1 Å². The van der Waals surface area contributed by atoms with Crippen LogP contribution in [0.1, 0.15) is 5.76 Å². The monoisotopic (exact) mass is 378 g/mol. The number of hydrogen-bond acceptors (Lipinski definition) is 4. The van der Waals surface area contributed by atoms with Gasteiger partial charge in [0.25, 0.3) is 0 Å². The zero-order valence-electron chi connectivity index (χ0n) is 10.5. The molecule has 0 aliphatic rings. The Morgan fingerprint density at radius 1 is 1.35 bits per heavy atom. The summed E-state index contributed by atoms with van der Waals surface area (Å²) in [6.45, 7) is 0.106. The average Bonchev–Trinajstić information content (AvgIpc) is 2.74. The number of hydrogen-bond donors (Lipinski definition) is 1. The van der Waals surface area contributed by atoms with Crippen molar-refractivity contribution in [3.63, 3.8) is 0 Å². The SMILES string of the molecule is CN(Cc1ccc(Br)o1)S(=O)(=O)c1ccc(N)cc1Cl. The molecular formula is C12H12BrClN2O3S. The molecule has 20 heavy (non-hydrogen) atoms. The second kappa shape index (κ2) is 5.77. The normalized spacial score (nSPS) is 12.0. The maximum absolute atomic E-state index is 12.4. The highest BCUT2D eigenvalue weighted by Gasteiger charge is 2.24. The Kier molecular flexibility index (Phi) is 4.43. The summed E-state index contributed by atoms with van der Waals surface area (Å²) in [5.74, 6) is 0.523. The second-order valence-electron chi connectivity index (χ2n) is 4.16. The first-order valence-electron chi connectivity index (χ1n) is 5.56. The van der Waals surface area contributed by atoms with Crippen molar-refractivity contribution in [2.45, 2.75) is 11.4 Å². The number of halogens is 2. The van der Waals surface area contributed by atoms with Gasteiger partial charge in [0.15, 0.2) is 4.67 Å². The summed E-state index contributed by atoms with van der Waals surface area (Å²) in [7, 11) is -2.25. The van der Waals surface area contributed by atoms with Crippen molar-refractivity contribution in [2.75, 3.05) is 12.8 Å². The molecule has 0 radical (unpaired) electrons. The van der Waals surface area contributed by atoms with Gasteiger partial charge in [-0.2, -0.15) is 4.31 Å². The molecule has 0 amide bonds. The van der Waals surface area contributed by atoms with Gasteiger partial charge in [-0.15, -0.1) is 0 Å². The van der Waals surface area contributed by atoms with Gasteiger partial charge in [0, 0.05) is 12.7 Å². The molecule has 0 atom stereocenters. The number of furan rings is 1. The summed E-state index contributed by atoms with van der Waals surface area (Å²) in [4.78, 5) is 0.0153. The van der Waals surface area contributed by atoms with Gasteiger partial charge in [0.1, 0.15) is 10.7 Å². The third kappa shape index (κ3) is 3.17. The Balaban J connectivity index is 2.29. The Hall–Kier alpha value is -1.02. The smallest absolute Gasteiger partial charge is 0.244 e. The van der Waals surface area contributed by atoms with E-state index in [2.05, 4.69) is 15.9 Å². The van der Waals surface area contributed by atoms with E-state index >= 15 is 0 Å². The fraction of sp³-hybridized carbons (Fsp3) is 0.167. The minimum absolute atomic E-state index is 0.0153. The van der Waals surface area contributed by atoms with Gasteiger partial charge < -0.3 is 10.2 Å². The molecule has 0 unspecified atom stereocenters. The first-order chi connectivity index (χ1) is 9.30. The summed E-state index contributed by atoms with van der Waals surface area (Å²) in [5.41, 5.74) is 5.97. The highest BCUT2D eigenvalue weighted by atomic mass is 79.9. The molecule has 0 bridgehead atoms. The lowest BCUT2D eigenvalue weighted by Crippen LogP contribution is -2.26. The highest BCUT2D eigenvalue weighted by Crippen LogP contribution is 2.27. The molecule has 0 fully saturated rings. The lowest BCUT2D eigenvalue weighted by atomic mass is 10.3. The first kappa shape index (κ1) is 15.4. The summed E-state index contributed by atoms with van der Waals surface area (Å²) >= 11 is 9.12. The van der Waals surface area contributed by atoms with Crippen LogP contribution in [0.2, 0.25) is 5.02 Å². The van der Waals surface area contributed by atoms with E-state index in [0.717, 1.165) is 4.31 Å². The number of nitrogens with two attached hydrogens (primary N) is 1. The molecule has 0 aliphatic heterocycles. The van der Waals surface area contributed by atoms with Crippen LogP contribution in [0.3, 0.4) is 0 Å². The van der Waals surface area contributed by atoms with Gasteiger partial charge in [0.2, 0.25) is 10.0 Å². The molecule has 8 heteroatoms. The summed E-state index contributed by atoms with van der Waals surface area (Å²) in [6.07, 6.45) is 0. The lowest BCUT2D eigenvalue weighted by molar-refractivity contribution is 0.398. The number of anilines is 1. The van der Waals surface area contributed by atoms with Crippen LogP contribution in [0.15, 0.2) is 44.3 Å². The largest absolute Gasteiger partial charge is 0.453 e. The molecule has 2 rings (SSSR count). The van der Waals surface area contributed by atoms with Crippen LogP contribution in [0, 0.1) is 0 Å². The maximum atomic E-state index is 12.4. The number of rotatable bonds is 4. The van der Waals surface area contributed by atoms with Crippen LogP contribution in [-0.4, -0.2) is 19.8 Å². The first-order valence-corrected chi connectivity index (χ1v) is 8.17. The third-order valence-corrected chi connectivity index (χ3v) is 5.36. The van der Waals surface area contributed by atoms with Crippen LogP contribution in [0.25, 0.3) is 0 Å².